The lowest BCUT2D eigenvalue weighted by molar-refractivity contribution is -0.346. The van der Waals surface area contributed by atoms with Gasteiger partial charge in [-0.25, -0.2) is 9.59 Å². The quantitative estimate of drug-likeness (QED) is 0.00540. The lowest BCUT2D eigenvalue weighted by Gasteiger charge is -2.67. The van der Waals surface area contributed by atoms with Gasteiger partial charge in [-0.1, -0.05) is 145 Å². The zero-order chi connectivity index (χ0) is 99.3. The average Bonchev–Trinajstić information content (AvgIpc) is 0.684. The van der Waals surface area contributed by atoms with E-state index in [1.165, 1.54) is 43.0 Å². The number of ether oxygens (including phenoxy) is 5. The first-order chi connectivity index (χ1) is 64.5. The van der Waals surface area contributed by atoms with Crippen molar-refractivity contribution in [1.29, 1.82) is 0 Å². The summed E-state index contributed by atoms with van der Waals surface area (Å²) < 4.78 is 30.3. The Morgan fingerprint density at radius 2 is 1.25 bits per heavy atom. The minimum Gasteiger partial charge on any atom is -0.508 e. The van der Waals surface area contributed by atoms with Crippen LogP contribution in [-0.2, 0) is 108 Å². The molecule has 0 unspecified atom stereocenters. The van der Waals surface area contributed by atoms with Crippen molar-refractivity contribution in [1.82, 2.24) is 47.4 Å². The number of aromatic hydroxyl groups is 1. The number of likely N-dealkylation sites (tertiary alicyclic amines) is 1. The lowest BCUT2D eigenvalue weighted by Crippen LogP contribution is -2.82. The van der Waals surface area contributed by atoms with Crippen LogP contribution in [0.3, 0.4) is 0 Å². The van der Waals surface area contributed by atoms with Gasteiger partial charge in [-0.15, -0.1) is 0 Å². The Morgan fingerprint density at radius 3 is 1.84 bits per heavy atom. The largest absolute Gasteiger partial charge is 0.508 e. The molecule has 3 heterocycles. The van der Waals surface area contributed by atoms with Gasteiger partial charge in [0.1, 0.15) is 72.0 Å². The molecule has 5 aromatic rings. The number of carbonyl (C=O) groups excluding carboxylic acids is 17. The number of guanidine groups is 1. The highest BCUT2D eigenvalue weighted by Crippen LogP contribution is 2.65. The van der Waals surface area contributed by atoms with Crippen molar-refractivity contribution >= 4 is 128 Å². The Balaban J connectivity index is 0.000000285. The molecule has 0 radical (unpaired) electrons. The lowest BCUT2D eigenvalue weighted by atomic mass is 9.44. The number of nitrogens with two attached hydrogens (primary N) is 5. The average molecular weight is 1920 g/mol. The standard InChI is InChI=1S/C47H51NO14.C46H64N14O12S2/c1-25-31(60-43(56)36(52)35(28-16-10-7-11-17-28)48-41(54)29-18-12-8-13-19-29)23-47(57)40(61-42(55)30-20-14-9-15-21-30)38-45(6,32(51)22-33-46(38,24-58-33)62-27(3)50)39(53)37(59-26(2)49)34(25)44(47,4)5;47-35(62)15-14-29-40(67)58-32(22-36(48)63)43(70)59-33(45(72)60-18-5-9-34(60)44(71)56-28(8-4-17-52-46(50)51)39(66)53-23-37(49)64)24-74-73-19-16-38(65)54-30(21-26-10-12-27(61)13-11-26)41(68)57-31(42(69)55-29)20-25-6-2-1-3-7-25/h7-21,31-33,35-38,40,51-52,57H,22-24H2,1-6H3,(H,48,54);1-3,6-7,10-13,28-34,61H,4-5,8-9,14-24H2,(H2,47,62)(H2,48,63)(H2,49,64)(H,53,66)(H,54,65)(H,55,69)(H,56,71)(H,57,68)(H,58,67)(H,59,70)(H4,50,51,52)/t31-,32-,33+,35-,36+,37+,38-,40-,45+,46-,47+;28-,29-,30-,31-,32-,33-,34-/m00/s1. The summed E-state index contributed by atoms with van der Waals surface area (Å²) in [5.74, 6) is -16.6. The number of benzene rings is 5. The first kappa shape index (κ1) is 105. The second kappa shape index (κ2) is 46.7. The van der Waals surface area contributed by atoms with E-state index in [0.29, 0.717) is 23.1 Å². The van der Waals surface area contributed by atoms with Crippen molar-refractivity contribution in [2.75, 3.05) is 37.7 Å². The van der Waals surface area contributed by atoms with Gasteiger partial charge in [0.05, 0.1) is 48.6 Å². The summed E-state index contributed by atoms with van der Waals surface area (Å²) in [5, 5.41) is 68.0. The van der Waals surface area contributed by atoms with Crippen LogP contribution in [0.4, 0.5) is 0 Å². The summed E-state index contributed by atoms with van der Waals surface area (Å²) in [6, 6.07) is 27.5. The molecule has 0 spiro atoms. The van der Waals surface area contributed by atoms with Crippen LogP contribution in [0.2, 0.25) is 0 Å². The van der Waals surface area contributed by atoms with Gasteiger partial charge in [0.15, 0.2) is 29.6 Å². The Morgan fingerprint density at radius 1 is 0.669 bits per heavy atom. The van der Waals surface area contributed by atoms with Crippen molar-refractivity contribution in [3.05, 3.63) is 185 Å². The van der Waals surface area contributed by atoms with E-state index in [4.69, 9.17) is 52.4 Å². The van der Waals surface area contributed by atoms with E-state index >= 15 is 4.79 Å². The van der Waals surface area contributed by atoms with Gasteiger partial charge in [-0.3, -0.25) is 76.9 Å². The van der Waals surface area contributed by atoms with E-state index < -0.39 is 246 Å². The van der Waals surface area contributed by atoms with Crippen molar-refractivity contribution in [2.24, 2.45) is 50.4 Å². The number of hydrogen-bond donors (Lipinski definition) is 17. The molecule has 136 heavy (non-hydrogen) atoms. The highest BCUT2D eigenvalue weighted by Gasteiger charge is 2.78. The molecule has 2 bridgehead atoms. The van der Waals surface area contributed by atoms with E-state index in [9.17, 15) is 97.1 Å². The highest BCUT2D eigenvalue weighted by molar-refractivity contribution is 8.76. The Hall–Kier alpha value is -13.4. The summed E-state index contributed by atoms with van der Waals surface area (Å²) >= 11 is 0. The van der Waals surface area contributed by atoms with Crippen molar-refractivity contribution in [2.45, 2.75) is 215 Å². The number of nitrogens with one attached hydrogen (secondary N) is 8. The maximum atomic E-state index is 15.5. The second-order valence-corrected chi connectivity index (χ2v) is 37.3. The number of phenols is 1. The van der Waals surface area contributed by atoms with E-state index in [1.807, 2.05) is 0 Å². The number of hydrogen-bond acceptors (Lipinski definition) is 29. The molecule has 22 N–H and O–H groups in total. The van der Waals surface area contributed by atoms with Crippen LogP contribution in [0.5, 0.6) is 5.75 Å². The van der Waals surface area contributed by atoms with E-state index in [-0.39, 0.29) is 110 Å². The van der Waals surface area contributed by atoms with E-state index in [2.05, 4.69) is 47.5 Å². The topological polar surface area (TPSA) is 659 Å². The fraction of sp³-hybridized carbons (Fsp3) is 0.462. The van der Waals surface area contributed by atoms with Crippen LogP contribution in [0.25, 0.3) is 0 Å². The number of carbonyl (C=O) groups is 17. The molecule has 41 nitrogen and oxygen atoms in total. The molecule has 43 heteroatoms. The molecule has 3 aliphatic carbocycles. The molecule has 0 aromatic heterocycles. The van der Waals surface area contributed by atoms with Gasteiger partial charge in [0.25, 0.3) is 5.91 Å². The first-order valence-corrected chi connectivity index (χ1v) is 46.5. The van der Waals surface area contributed by atoms with Crippen LogP contribution >= 0.6 is 21.6 Å². The third kappa shape index (κ3) is 25.8. The molecule has 3 saturated heterocycles. The maximum absolute atomic E-state index is 15.5. The number of aliphatic hydroxyl groups is 3. The summed E-state index contributed by atoms with van der Waals surface area (Å²) in [7, 11) is 2.19. The predicted octanol–water partition coefficient (Wildman–Crippen LogP) is -0.606. The molecule has 6 aliphatic rings. The number of aliphatic hydroxyl groups excluding tert-OH is 2. The van der Waals surface area contributed by atoms with Crippen molar-refractivity contribution in [3.8, 4) is 5.75 Å². The molecule has 11 rings (SSSR count). The molecule has 5 fully saturated rings. The summed E-state index contributed by atoms with van der Waals surface area (Å²) in [4.78, 5) is 236. The van der Waals surface area contributed by atoms with Gasteiger partial charge in [0, 0.05) is 87.9 Å². The molecule has 5 aromatic carbocycles. The fourth-order valence-corrected chi connectivity index (χ4v) is 20.1. The van der Waals surface area contributed by atoms with Crippen molar-refractivity contribution in [3.63, 3.8) is 0 Å². The Kier molecular flexibility index (Phi) is 36.0. The smallest absolute Gasteiger partial charge is 0.338 e. The number of fused-ring (bicyclic) bond motifs is 5. The molecule has 730 valence electrons. The molecule has 12 amide bonds. The number of aliphatic imine (C=N–C) groups is 1. The Labute approximate surface area is 790 Å². The van der Waals surface area contributed by atoms with Gasteiger partial charge in [0.2, 0.25) is 65.0 Å². The van der Waals surface area contributed by atoms with Gasteiger partial charge in [-0.05, 0) is 110 Å². The second-order valence-electron chi connectivity index (χ2n) is 34.7. The van der Waals surface area contributed by atoms with Gasteiger partial charge in [-0.2, -0.15) is 0 Å². The van der Waals surface area contributed by atoms with Gasteiger partial charge >= 0.3 is 23.9 Å². The molecule has 3 aliphatic heterocycles. The monoisotopic (exact) mass is 1920 g/mol. The third-order valence-corrected chi connectivity index (χ3v) is 27.4. The van der Waals surface area contributed by atoms with Gasteiger partial charge < -0.3 is 120 Å². The number of amides is 12. The molecule has 2 saturated carbocycles. The van der Waals surface area contributed by atoms with E-state index in [1.54, 1.807) is 135 Å². The first-order valence-electron chi connectivity index (χ1n) is 44.0. The molecule has 18 atom stereocenters. The number of ketones is 1. The maximum Gasteiger partial charge on any atom is 0.338 e. The number of primary amides is 3. The molecular formula is C93H115N15O26S2. The zero-order valence-electron chi connectivity index (χ0n) is 75.6. The number of rotatable bonds is 29. The van der Waals surface area contributed by atoms with E-state index in [0.717, 1.165) is 35.4 Å². The summed E-state index contributed by atoms with van der Waals surface area (Å²) in [6.07, 6.45) is -11.8. The number of esters is 4. The SMILES string of the molecule is CC(=O)O[C@H]1C(=O)[C@@]2(C)[C@H]([C@H](OC(=O)c3ccccc3)[C@]3(O)C[C@H](OC(=O)[C@H](O)[C@@H](NC(=O)c4ccccc4)c4ccccc4)C(C)=C1C3(C)C)[C@]1(OC(C)=O)CO[C@@H]1C[C@@H]2O.NC(=O)CC[C@@H]1NC(=O)[C@H](Cc2ccccc2)NC(=O)[C@H](Cc2ccc(O)cc2)NC(=O)CCSSC[C@@H](C(=O)N2CCC[C@H]2C(=O)N[C@@H](CCCN=C(N)N)C(=O)NCC(N)=O)NC(=O)[C@H](CC(N)=O)NC1=O. The summed E-state index contributed by atoms with van der Waals surface area (Å²) in [5.41, 5.74) is 21.1. The van der Waals surface area contributed by atoms with Crippen LogP contribution in [0.1, 0.15) is 149 Å². The van der Waals surface area contributed by atoms with Crippen LogP contribution in [0.15, 0.2) is 162 Å². The van der Waals surface area contributed by atoms with Crippen molar-refractivity contribution < 1.29 is 126 Å². The highest BCUT2D eigenvalue weighted by atomic mass is 33.1. The number of Topliss-reactive ketones (excluding diaryl/α,β-unsaturated/α-hetero) is 1. The predicted molar refractivity (Wildman–Crippen MR) is 490 cm³/mol. The number of phenolic OH excluding ortho intramolecular Hbond substituents is 1. The fourth-order valence-electron chi connectivity index (χ4n) is 18.0. The van der Waals surface area contributed by atoms with Crippen LogP contribution < -0.4 is 71.2 Å². The normalized spacial score (nSPS) is 26.3. The summed E-state index contributed by atoms with van der Waals surface area (Å²) in [6.45, 7) is 7.57. The minimum atomic E-state index is -2.39. The minimum absolute atomic E-state index is 0.00289. The third-order valence-electron chi connectivity index (χ3n) is 25.0. The number of nitrogens with zero attached hydrogens (tertiary/aromatic N) is 2. The molecular weight excluding hydrogens is 1810 g/mol. The van der Waals surface area contributed by atoms with Crippen LogP contribution in [-0.4, -0.2) is 260 Å². The zero-order valence-corrected chi connectivity index (χ0v) is 77.2. The van der Waals surface area contributed by atoms with Crippen LogP contribution in [0, 0.1) is 16.7 Å². The Bertz CT molecular complexity index is 5310.